The summed E-state index contributed by atoms with van der Waals surface area (Å²) in [6.07, 6.45) is 50.8. The number of carbonyl (C=O) groups is 1. The lowest BCUT2D eigenvalue weighted by atomic mass is 9.99. The number of nitrogens with one attached hydrogen (secondary N) is 1. The highest BCUT2D eigenvalue weighted by Gasteiger charge is 2.31. The Balaban J connectivity index is 4.58. The first-order chi connectivity index (χ1) is 28.4. The SMILES string of the molecule is CC/C=C\C/C=C\C/C=C\C/C=C\C/C=C\C/C=C\C/C=C\CCCC(=O)NC(COP(=O)(O)OCC[N+](C)(C)C)C(O)C(O)CCCCCCCCCCCCCC. The van der Waals surface area contributed by atoms with E-state index in [2.05, 4.69) is 104 Å². The van der Waals surface area contributed by atoms with Crippen LogP contribution in [0.25, 0.3) is 0 Å². The number of aliphatic hydroxyl groups excluding tert-OH is 2. The predicted molar refractivity (Wildman–Crippen MR) is 250 cm³/mol. The Kier molecular flexibility index (Phi) is 38.2. The average Bonchev–Trinajstić information content (AvgIpc) is 3.19. The Morgan fingerprint density at radius 2 is 1.03 bits per heavy atom. The highest BCUT2D eigenvalue weighted by molar-refractivity contribution is 7.47. The number of carbonyl (C=O) groups excluding carboxylic acids is 1. The molecular formula is C49H88N2O7P+. The van der Waals surface area contributed by atoms with Crippen molar-refractivity contribution in [2.24, 2.45) is 0 Å². The molecule has 4 atom stereocenters. The Labute approximate surface area is 361 Å². The molecule has 0 aromatic heterocycles. The number of hydrogen-bond donors (Lipinski definition) is 4. The topological polar surface area (TPSA) is 125 Å². The molecule has 0 heterocycles. The van der Waals surface area contributed by atoms with E-state index in [-0.39, 0.29) is 18.9 Å². The van der Waals surface area contributed by atoms with Gasteiger partial charge in [-0.15, -0.1) is 0 Å². The lowest BCUT2D eigenvalue weighted by Crippen LogP contribution is -2.51. The summed E-state index contributed by atoms with van der Waals surface area (Å²) in [5.41, 5.74) is 0. The fraction of sp³-hybridized carbons (Fsp3) is 0.694. The Morgan fingerprint density at radius 1 is 0.610 bits per heavy atom. The zero-order chi connectivity index (χ0) is 43.7. The van der Waals surface area contributed by atoms with E-state index in [1.54, 1.807) is 0 Å². The highest BCUT2D eigenvalue weighted by atomic mass is 31.2. The summed E-state index contributed by atoms with van der Waals surface area (Å²) in [6, 6.07) is -1.07. The second-order valence-electron chi connectivity index (χ2n) is 16.5. The van der Waals surface area contributed by atoms with Crippen LogP contribution in [0.15, 0.2) is 85.1 Å². The van der Waals surface area contributed by atoms with Crippen LogP contribution in [-0.2, 0) is 18.4 Å². The second-order valence-corrected chi connectivity index (χ2v) is 18.0. The van der Waals surface area contributed by atoms with Gasteiger partial charge in [0.2, 0.25) is 5.91 Å². The molecule has 0 spiro atoms. The van der Waals surface area contributed by atoms with Gasteiger partial charge in [-0.05, 0) is 64.2 Å². The number of nitrogens with zero attached hydrogens (tertiary/aromatic N) is 1. The van der Waals surface area contributed by atoms with Gasteiger partial charge in [0.05, 0.1) is 39.9 Å². The lowest BCUT2D eigenvalue weighted by Gasteiger charge is -2.28. The fourth-order valence-corrected chi connectivity index (χ4v) is 6.81. The van der Waals surface area contributed by atoms with E-state index in [0.29, 0.717) is 30.3 Å². The predicted octanol–water partition coefficient (Wildman–Crippen LogP) is 11.9. The van der Waals surface area contributed by atoms with Gasteiger partial charge in [-0.2, -0.15) is 0 Å². The third-order valence-corrected chi connectivity index (χ3v) is 10.7. The van der Waals surface area contributed by atoms with Crippen molar-refractivity contribution in [3.8, 4) is 0 Å². The standard InChI is InChI=1S/C49H87N2O7P/c1-6-8-10-12-14-16-18-20-21-22-23-24-25-26-27-28-29-30-32-34-36-38-40-42-48(53)50-46(45-58-59(55,56)57-44-43-51(3,4)5)49(54)47(52)41-39-37-35-33-31-19-17-15-13-11-9-7-2/h8,10,14,16,20-21,23-24,26-27,29-30,34,36,46-47,49,52,54H,6-7,9,11-13,15,17-19,22,25,28,31-33,35,37-45H2,1-5H3,(H-,50,53,55,56)/p+1/b10-8-,16-14-,21-20-,24-23-,27-26-,30-29-,36-34-. The normalized spacial score (nSPS) is 15.6. The van der Waals surface area contributed by atoms with Gasteiger partial charge in [0.25, 0.3) is 0 Å². The first-order valence-electron chi connectivity index (χ1n) is 23.0. The third kappa shape index (κ3) is 40.8. The molecule has 0 bridgehead atoms. The van der Waals surface area contributed by atoms with E-state index in [0.717, 1.165) is 70.6 Å². The molecule has 0 saturated heterocycles. The third-order valence-electron chi connectivity index (χ3n) is 9.75. The highest BCUT2D eigenvalue weighted by Crippen LogP contribution is 2.43. The molecule has 0 aliphatic heterocycles. The molecule has 10 heteroatoms. The van der Waals surface area contributed by atoms with E-state index in [9.17, 15) is 24.5 Å². The summed E-state index contributed by atoms with van der Waals surface area (Å²) in [6.45, 7) is 4.42. The van der Waals surface area contributed by atoms with Gasteiger partial charge in [0.15, 0.2) is 0 Å². The van der Waals surface area contributed by atoms with Gasteiger partial charge in [-0.1, -0.05) is 176 Å². The number of phosphoric ester groups is 1. The molecule has 59 heavy (non-hydrogen) atoms. The molecule has 4 unspecified atom stereocenters. The van der Waals surface area contributed by atoms with Gasteiger partial charge in [-0.25, -0.2) is 4.57 Å². The van der Waals surface area contributed by atoms with Gasteiger partial charge < -0.3 is 24.9 Å². The number of rotatable bonds is 40. The van der Waals surface area contributed by atoms with Crippen molar-refractivity contribution in [1.29, 1.82) is 0 Å². The van der Waals surface area contributed by atoms with Gasteiger partial charge in [0, 0.05) is 6.42 Å². The van der Waals surface area contributed by atoms with Crippen molar-refractivity contribution in [2.75, 3.05) is 40.9 Å². The van der Waals surface area contributed by atoms with Crippen LogP contribution in [0, 0.1) is 0 Å². The fourth-order valence-electron chi connectivity index (χ4n) is 6.07. The van der Waals surface area contributed by atoms with Gasteiger partial charge >= 0.3 is 7.82 Å². The zero-order valence-electron chi connectivity index (χ0n) is 38.1. The van der Waals surface area contributed by atoms with Crippen LogP contribution in [-0.4, -0.2) is 84.6 Å². The molecule has 0 saturated carbocycles. The quantitative estimate of drug-likeness (QED) is 0.0209. The van der Waals surface area contributed by atoms with Crippen molar-refractivity contribution in [3.05, 3.63) is 85.1 Å². The molecule has 0 rings (SSSR count). The minimum absolute atomic E-state index is 0.00600. The van der Waals surface area contributed by atoms with Crippen molar-refractivity contribution in [3.63, 3.8) is 0 Å². The van der Waals surface area contributed by atoms with Crippen LogP contribution in [0.1, 0.15) is 162 Å². The molecule has 0 radical (unpaired) electrons. The average molecular weight is 848 g/mol. The summed E-state index contributed by atoms with van der Waals surface area (Å²) in [7, 11) is 1.38. The van der Waals surface area contributed by atoms with E-state index in [1.165, 1.54) is 51.4 Å². The van der Waals surface area contributed by atoms with Crippen LogP contribution < -0.4 is 5.32 Å². The number of aliphatic hydroxyl groups is 2. The number of allylic oxidation sites excluding steroid dienone is 14. The van der Waals surface area contributed by atoms with Crippen molar-refractivity contribution >= 4 is 13.7 Å². The van der Waals surface area contributed by atoms with Crippen molar-refractivity contribution < 1.29 is 38.0 Å². The second kappa shape index (κ2) is 39.8. The van der Waals surface area contributed by atoms with Gasteiger partial charge in [0.1, 0.15) is 19.3 Å². The number of hydrogen-bond acceptors (Lipinski definition) is 6. The first-order valence-corrected chi connectivity index (χ1v) is 24.5. The molecule has 0 aliphatic carbocycles. The summed E-state index contributed by atoms with van der Waals surface area (Å²) in [4.78, 5) is 23.2. The van der Waals surface area contributed by atoms with Crippen LogP contribution in [0.2, 0.25) is 0 Å². The number of phosphoric acid groups is 1. The van der Waals surface area contributed by atoms with Crippen LogP contribution >= 0.6 is 7.82 Å². The minimum atomic E-state index is -4.44. The first kappa shape index (κ1) is 56.6. The Hall–Kier alpha value is -2.36. The summed E-state index contributed by atoms with van der Waals surface area (Å²) >= 11 is 0. The maximum Gasteiger partial charge on any atom is 0.472 e. The van der Waals surface area contributed by atoms with E-state index in [1.807, 2.05) is 21.1 Å². The summed E-state index contributed by atoms with van der Waals surface area (Å²) in [5, 5.41) is 24.6. The van der Waals surface area contributed by atoms with Gasteiger partial charge in [-0.3, -0.25) is 13.8 Å². The summed E-state index contributed by atoms with van der Waals surface area (Å²) in [5.74, 6) is -0.320. The maximum atomic E-state index is 12.9. The van der Waals surface area contributed by atoms with E-state index >= 15 is 0 Å². The number of amides is 1. The minimum Gasteiger partial charge on any atom is -0.390 e. The van der Waals surface area contributed by atoms with Crippen LogP contribution in [0.4, 0.5) is 0 Å². The molecule has 1 amide bonds. The van der Waals surface area contributed by atoms with E-state index in [4.69, 9.17) is 9.05 Å². The maximum absolute atomic E-state index is 12.9. The molecule has 340 valence electrons. The zero-order valence-corrected chi connectivity index (χ0v) is 39.0. The summed E-state index contributed by atoms with van der Waals surface area (Å²) < 4.78 is 23.5. The largest absolute Gasteiger partial charge is 0.472 e. The van der Waals surface area contributed by atoms with Crippen LogP contribution in [0.5, 0.6) is 0 Å². The van der Waals surface area contributed by atoms with Crippen molar-refractivity contribution in [1.82, 2.24) is 5.32 Å². The molecular weight excluding hydrogens is 760 g/mol. The molecule has 0 fully saturated rings. The monoisotopic (exact) mass is 848 g/mol. The van der Waals surface area contributed by atoms with E-state index < -0.39 is 32.7 Å². The number of quaternary nitrogens is 1. The molecule has 0 aromatic carbocycles. The Morgan fingerprint density at radius 3 is 1.47 bits per heavy atom. The lowest BCUT2D eigenvalue weighted by molar-refractivity contribution is -0.870. The van der Waals surface area contributed by atoms with Crippen molar-refractivity contribution in [2.45, 2.75) is 180 Å². The van der Waals surface area contributed by atoms with Crippen LogP contribution in [0.3, 0.4) is 0 Å². The molecule has 9 nitrogen and oxygen atoms in total. The molecule has 0 aromatic rings. The Bertz CT molecular complexity index is 1250. The smallest absolute Gasteiger partial charge is 0.390 e. The number of unbranched alkanes of at least 4 members (excludes halogenated alkanes) is 12. The molecule has 0 aliphatic rings. The number of likely N-dealkylation sites (N-methyl/N-ethyl adjacent to an activating group) is 1. The molecule has 4 N–H and O–H groups in total.